The van der Waals surface area contributed by atoms with Crippen molar-refractivity contribution in [2.45, 2.75) is 225 Å². The van der Waals surface area contributed by atoms with Crippen molar-refractivity contribution in [2.75, 3.05) is 77.5 Å². The van der Waals surface area contributed by atoms with E-state index < -0.39 is 155 Å². The number of aliphatic hydroxyl groups excluding tert-OH is 6. The zero-order chi connectivity index (χ0) is 107. The second-order valence-corrected chi connectivity index (χ2v) is 44.2. The van der Waals surface area contributed by atoms with E-state index in [0.717, 1.165) is 42.2 Å². The van der Waals surface area contributed by atoms with E-state index in [-0.39, 0.29) is 122 Å². The Morgan fingerprint density at radius 3 is 0.852 bits per heavy atom. The number of nitrogens with zero attached hydrogens (tertiary/aromatic N) is 12. The Hall–Kier alpha value is -10.3. The third-order valence-electron chi connectivity index (χ3n) is 20.3. The molecule has 0 unspecified atom stereocenters. The first-order valence-electron chi connectivity index (χ1n) is 44.2. The minimum Gasteiger partial charge on any atom is -0.550 e. The van der Waals surface area contributed by atoms with Crippen LogP contribution in [-0.4, -0.2) is 286 Å². The molecule has 0 radical (unpaired) electrons. The Labute approximate surface area is 857 Å². The number of hydrogen-bond acceptors (Lipinski definition) is 32. The number of sulfonamides is 4. The van der Waals surface area contributed by atoms with Crippen LogP contribution >= 0.6 is 0 Å². The number of methoxy groups -OCH3 is 1. The molecule has 142 heavy (non-hydrogen) atoms. The van der Waals surface area contributed by atoms with Crippen LogP contribution in [0.4, 0.5) is 41.4 Å². The summed E-state index contributed by atoms with van der Waals surface area (Å²) in [6.45, 7) is 24.7. The molecule has 4 aromatic heterocycles. The van der Waals surface area contributed by atoms with Crippen LogP contribution in [0.3, 0.4) is 0 Å². The van der Waals surface area contributed by atoms with Gasteiger partial charge in [0.15, 0.2) is 5.79 Å². The van der Waals surface area contributed by atoms with Crippen molar-refractivity contribution in [3.05, 3.63) is 190 Å². The maximum Gasteiger partial charge on any atom is 2.00 e. The number of benzene rings is 4. The van der Waals surface area contributed by atoms with Crippen LogP contribution in [0.15, 0.2) is 121 Å². The third-order valence-corrected chi connectivity index (χ3v) is 24.9. The molecule has 0 bridgehead atoms. The van der Waals surface area contributed by atoms with Gasteiger partial charge in [0, 0.05) is 136 Å². The van der Waals surface area contributed by atoms with Crippen molar-refractivity contribution in [3.8, 4) is 45.0 Å². The summed E-state index contributed by atoms with van der Waals surface area (Å²) in [5.74, 6) is -8.19. The van der Waals surface area contributed by atoms with Crippen molar-refractivity contribution >= 4 is 150 Å². The van der Waals surface area contributed by atoms with Gasteiger partial charge in [-0.15, -0.1) is 0 Å². The van der Waals surface area contributed by atoms with Gasteiger partial charge in [0.05, 0.1) is 138 Å². The molecule has 4 aromatic carbocycles. The van der Waals surface area contributed by atoms with Gasteiger partial charge >= 0.3 is 43.7 Å². The fourth-order valence-corrected chi connectivity index (χ4v) is 14.7. The number of quaternary nitrogens is 1. The van der Waals surface area contributed by atoms with E-state index in [1.165, 1.54) is 157 Å². The van der Waals surface area contributed by atoms with Gasteiger partial charge < -0.3 is 80.3 Å². The number of esters is 1. The number of aromatic nitrogens is 8. The summed E-state index contributed by atoms with van der Waals surface area (Å²) >= 11 is 0. The number of anilines is 4. The van der Waals surface area contributed by atoms with E-state index in [0.29, 0.717) is 96.5 Å². The number of carbonyl (C=O) groups excluding carboxylic acids is 4. The summed E-state index contributed by atoms with van der Waals surface area (Å²) < 4.78 is 172. The number of halogens is 4. The Morgan fingerprint density at radius 2 is 0.655 bits per heavy atom. The van der Waals surface area contributed by atoms with Gasteiger partial charge in [0.1, 0.15) is 23.3 Å². The molecule has 8 atom stereocenters. The summed E-state index contributed by atoms with van der Waals surface area (Å²) in [6, 6.07) is 22.2. The molecule has 0 aliphatic carbocycles. The summed E-state index contributed by atoms with van der Waals surface area (Å²) in [5.41, 5.74) is 11.6. The minimum absolute atomic E-state index is 0. The van der Waals surface area contributed by atoms with Crippen LogP contribution in [0.25, 0.3) is 69.3 Å². The number of carboxylic acid groups (broad SMARTS) is 3. The predicted molar refractivity (Wildman–Crippen MR) is 527 cm³/mol. The molecule has 1 aliphatic heterocycles. The molecule has 8 aromatic rings. The van der Waals surface area contributed by atoms with Crippen LogP contribution in [0.5, 0.6) is 0 Å². The average molecular weight is 2090 g/mol. The maximum atomic E-state index is 13.7. The first kappa shape index (κ1) is 124. The van der Waals surface area contributed by atoms with Gasteiger partial charge in [-0.25, -0.2) is 108 Å². The fourth-order valence-electron chi connectivity index (χ4n) is 13.2. The zero-order valence-electron chi connectivity index (χ0n) is 83.4. The molecular formula is C96H127CaF4N13O24S4. The van der Waals surface area contributed by atoms with Gasteiger partial charge in [-0.2, -0.15) is 0 Å². The number of carboxylic acids is 3. The quantitative estimate of drug-likeness (QED) is 0.0115. The zero-order valence-corrected chi connectivity index (χ0v) is 88.9. The number of carbonyl (C=O) groups is 4. The van der Waals surface area contributed by atoms with Crippen molar-refractivity contribution < 1.29 is 136 Å². The molecule has 0 spiro atoms. The third kappa shape index (κ3) is 40.7. The fraction of sp³-hybridized carbons (Fsp3) is 0.458. The number of hydrogen-bond donors (Lipinski definition) is 7. The minimum atomic E-state index is -3.66. The number of aliphatic hydroxyl groups is 6. The molecule has 0 saturated carbocycles. The Balaban J connectivity index is 0.000000388. The SMILES string of the molecule is CC(C)(C)[NH3+].CC(C)c1nc(N(C)S(C)(=O)=O)nc(-c2ccc(F)cc2)c1/C=C/[C@@H](O)C[C@@H](O)CC(=O)[O-].CC(C)c1nc(N(C)S(C)(=O)=O)nc(-c2ccc(F)cc2)c1/C=C/[C@@H](O)C[C@@H](O)CC(=O)[O-].CC(C)c1nc(N(C)S(C)(=O)=O)nc(-c2ccc(F)cc2)c1/C=C/[C@@H](O)C[C@@H](O)CC(=O)[O-].COC(=O)C[C@H]1C[C@@H](/C=C/c2c(-c3ccc(F)cc3)nc(N(C)S(C)(=O)=O)nc2C(C)C)OC(C)(C)O1.[Ca+2]. The second kappa shape index (κ2) is 54.6. The van der Waals surface area contributed by atoms with E-state index >= 15 is 0 Å². The van der Waals surface area contributed by atoms with Crippen molar-refractivity contribution in [2.24, 2.45) is 0 Å². The molecule has 9 N–H and O–H groups in total. The average Bonchev–Trinajstić information content (AvgIpc) is 0.780. The molecular weight excluding hydrogens is 1960 g/mol. The van der Waals surface area contributed by atoms with Crippen molar-refractivity contribution in [1.29, 1.82) is 0 Å². The monoisotopic (exact) mass is 2090 g/mol. The predicted octanol–water partition coefficient (Wildman–Crippen LogP) is 7.14. The first-order valence-corrected chi connectivity index (χ1v) is 51.6. The first-order chi connectivity index (χ1) is 65.1. The molecule has 1 saturated heterocycles. The van der Waals surface area contributed by atoms with Gasteiger partial charge in [0.25, 0.3) is 0 Å². The molecule has 0 amide bonds. The van der Waals surface area contributed by atoms with Crippen LogP contribution in [0, 0.1) is 23.3 Å². The maximum absolute atomic E-state index is 13.7. The van der Waals surface area contributed by atoms with E-state index in [4.69, 9.17) is 14.2 Å². The molecule has 1 aliphatic rings. The van der Waals surface area contributed by atoms with E-state index in [1.54, 1.807) is 26.0 Å². The van der Waals surface area contributed by atoms with Gasteiger partial charge in [-0.3, -0.25) is 4.79 Å². The summed E-state index contributed by atoms with van der Waals surface area (Å²) in [7, 11) is -7.91. The Bertz CT molecular complexity index is 5780. The molecule has 37 nitrogen and oxygen atoms in total. The standard InChI is InChI=1S/C26H34FN3O6S.3C22H28FN3O6S.C4H11N.Ca/c1-16(2)23-21(13-12-19-14-20(15-22(31)34-6)36-26(3,4)35-19)24(17-8-10-18(27)11-9-17)29-25(28-23)30(5)37(7,32)33;3*1-13(2)20-18(10-9-16(27)11-17(28)12-19(29)30)21(14-5-7-15(23)8-6-14)25-22(24-20)26(3)33(4,31)32;1-4(2,3)5;/h8-13,16,19-20H,14-15H2,1-7H3;3*5-10,13,16-17,27-28H,11-12H2,1-4H3,(H,29,30);5H2,1-3H3;/q;;;;;+2/p-2/b13-12+;3*10-9+;;/t19-,20-;3*16-,17-;;/m1111../s1. The van der Waals surface area contributed by atoms with Crippen molar-refractivity contribution in [3.63, 3.8) is 0 Å². The van der Waals surface area contributed by atoms with E-state index in [2.05, 4.69) is 66.4 Å². The normalized spacial score (nSPS) is 15.3. The largest absolute Gasteiger partial charge is 2.00 e. The van der Waals surface area contributed by atoms with Crippen LogP contribution in [0.1, 0.15) is 210 Å². The smallest absolute Gasteiger partial charge is 0.550 e. The van der Waals surface area contributed by atoms with Crippen LogP contribution < -0.4 is 38.3 Å². The summed E-state index contributed by atoms with van der Waals surface area (Å²) in [5, 5.41) is 91.7. The Kier molecular flexibility index (Phi) is 47.6. The summed E-state index contributed by atoms with van der Waals surface area (Å²) in [4.78, 5) is 79.3. The molecule has 5 heterocycles. The van der Waals surface area contributed by atoms with Crippen molar-refractivity contribution in [1.82, 2.24) is 39.9 Å². The summed E-state index contributed by atoms with van der Waals surface area (Å²) in [6.07, 6.45) is 6.23. The Morgan fingerprint density at radius 1 is 0.437 bits per heavy atom. The topological polar surface area (TPSA) is 567 Å². The van der Waals surface area contributed by atoms with E-state index in [1.807, 2.05) is 67.5 Å². The van der Waals surface area contributed by atoms with Gasteiger partial charge in [-0.05, 0) is 155 Å². The number of ether oxygens (including phenoxy) is 3. The number of rotatable bonds is 38. The molecule has 1 fully saturated rings. The van der Waals surface area contributed by atoms with Crippen LogP contribution in [0.2, 0.25) is 0 Å². The molecule has 46 heteroatoms. The molecule has 9 rings (SSSR count). The second-order valence-electron chi connectivity index (χ2n) is 36.2. The van der Waals surface area contributed by atoms with Crippen LogP contribution in [-0.2, 0) is 73.5 Å². The molecule has 774 valence electrons. The van der Waals surface area contributed by atoms with Gasteiger partial charge in [0.2, 0.25) is 63.9 Å². The number of aliphatic carboxylic acids is 3. The van der Waals surface area contributed by atoms with Gasteiger partial charge in [-0.1, -0.05) is 104 Å². The van der Waals surface area contributed by atoms with E-state index in [9.17, 15) is 116 Å².